The minimum atomic E-state index is -3.30. The van der Waals surface area contributed by atoms with Crippen LogP contribution in [0.3, 0.4) is 0 Å². The van der Waals surface area contributed by atoms with Crippen molar-refractivity contribution in [2.24, 2.45) is 5.92 Å². The first-order valence-electron chi connectivity index (χ1n) is 10.4. The molecule has 1 atom stereocenters. The molecule has 0 N–H and O–H groups in total. The largest absolute Gasteiger partial charge is 0.340 e. The molecule has 1 fully saturated rings. The topological polar surface area (TPSA) is 81.0 Å². The number of alkyl halides is 2. The molecule has 32 heavy (non-hydrogen) atoms. The van der Waals surface area contributed by atoms with Gasteiger partial charge in [-0.25, -0.2) is 22.2 Å². The number of anilines is 1. The van der Waals surface area contributed by atoms with Crippen LogP contribution in [-0.2, 0) is 16.4 Å². The zero-order valence-corrected chi connectivity index (χ0v) is 18.8. The fraction of sp³-hybridized carbons (Fsp3) is 0.409. The monoisotopic (exact) mass is 461 g/mol. The van der Waals surface area contributed by atoms with Crippen LogP contribution in [0, 0.1) is 12.8 Å². The molecule has 4 rings (SSSR count). The fourth-order valence-corrected chi connectivity index (χ4v) is 4.58. The van der Waals surface area contributed by atoms with E-state index < -0.39 is 22.2 Å². The Kier molecular flexibility index (Phi) is 6.23. The van der Waals surface area contributed by atoms with Crippen LogP contribution >= 0.6 is 0 Å². The van der Waals surface area contributed by atoms with Crippen LogP contribution in [0.5, 0.6) is 0 Å². The molecule has 0 radical (unpaired) electrons. The molecule has 3 aromatic rings. The number of aryl methyl sites for hydroxylation is 1. The van der Waals surface area contributed by atoms with E-state index in [9.17, 15) is 17.2 Å². The Bertz CT molecular complexity index is 1200. The number of nitrogens with zero attached hydrogens (tertiary/aromatic N) is 5. The highest BCUT2D eigenvalue weighted by Crippen LogP contribution is 2.29. The summed E-state index contributed by atoms with van der Waals surface area (Å²) >= 11 is 0. The fourth-order valence-electron chi connectivity index (χ4n) is 3.95. The summed E-state index contributed by atoms with van der Waals surface area (Å²) in [5.41, 5.74) is 2.31. The minimum Gasteiger partial charge on any atom is -0.340 e. The maximum atomic E-state index is 13.4. The van der Waals surface area contributed by atoms with Crippen molar-refractivity contribution < 1.29 is 17.2 Å². The van der Waals surface area contributed by atoms with Gasteiger partial charge in [0.05, 0.1) is 11.4 Å². The lowest BCUT2D eigenvalue weighted by Crippen LogP contribution is -2.39. The number of hydrogen-bond donors (Lipinski definition) is 0. The van der Waals surface area contributed by atoms with Gasteiger partial charge in [0.15, 0.2) is 15.7 Å². The summed E-state index contributed by atoms with van der Waals surface area (Å²) in [4.78, 5) is 6.65. The van der Waals surface area contributed by atoms with Crippen molar-refractivity contribution in [1.29, 1.82) is 0 Å². The van der Waals surface area contributed by atoms with Gasteiger partial charge in [-0.3, -0.25) is 4.57 Å². The van der Waals surface area contributed by atoms with E-state index in [0.29, 0.717) is 43.4 Å². The van der Waals surface area contributed by atoms with Crippen molar-refractivity contribution >= 4 is 15.8 Å². The number of rotatable bonds is 6. The number of benzene rings is 1. The van der Waals surface area contributed by atoms with Crippen LogP contribution in [-0.4, -0.2) is 53.9 Å². The maximum absolute atomic E-state index is 13.4. The highest BCUT2D eigenvalue weighted by molar-refractivity contribution is 7.90. The van der Waals surface area contributed by atoms with Crippen molar-refractivity contribution in [2.75, 3.05) is 24.2 Å². The second kappa shape index (κ2) is 8.93. The van der Waals surface area contributed by atoms with E-state index in [1.54, 1.807) is 24.3 Å². The summed E-state index contributed by atoms with van der Waals surface area (Å²) in [6, 6.07) is 12.2. The molecule has 1 unspecified atom stereocenters. The first-order valence-corrected chi connectivity index (χ1v) is 12.3. The third kappa shape index (κ3) is 4.79. The Hall–Kier alpha value is -2.88. The Morgan fingerprint density at radius 2 is 1.88 bits per heavy atom. The van der Waals surface area contributed by atoms with Crippen molar-refractivity contribution in [3.05, 3.63) is 53.7 Å². The molecule has 0 aliphatic carbocycles. The molecular formula is C22H25F2N5O2S. The van der Waals surface area contributed by atoms with Crippen molar-refractivity contribution in [1.82, 2.24) is 19.7 Å². The number of pyridine rings is 1. The molecule has 0 bridgehead atoms. The van der Waals surface area contributed by atoms with Gasteiger partial charge in [0.1, 0.15) is 5.69 Å². The van der Waals surface area contributed by atoms with E-state index in [1.165, 1.54) is 0 Å². The Labute approximate surface area is 186 Å². The molecule has 7 nitrogen and oxygen atoms in total. The molecule has 2 aromatic heterocycles. The molecule has 1 aliphatic heterocycles. The van der Waals surface area contributed by atoms with Gasteiger partial charge < -0.3 is 4.90 Å². The summed E-state index contributed by atoms with van der Waals surface area (Å²) in [5, 5.41) is 8.70. The van der Waals surface area contributed by atoms with Gasteiger partial charge in [-0.05, 0) is 49.6 Å². The van der Waals surface area contributed by atoms with E-state index in [4.69, 9.17) is 0 Å². The van der Waals surface area contributed by atoms with Gasteiger partial charge in [0.25, 0.3) is 0 Å². The number of hydrogen-bond acceptors (Lipinski definition) is 6. The number of piperidine rings is 1. The lowest BCUT2D eigenvalue weighted by Gasteiger charge is -2.33. The normalized spacial score (nSPS) is 17.2. The van der Waals surface area contributed by atoms with Crippen molar-refractivity contribution in [3.63, 3.8) is 0 Å². The van der Waals surface area contributed by atoms with Crippen LogP contribution in [0.15, 0.2) is 47.4 Å². The molecule has 1 aliphatic rings. The second-order valence-corrected chi connectivity index (χ2v) is 10.2. The molecule has 0 spiro atoms. The maximum Gasteiger partial charge on any atom is 0.243 e. The highest BCUT2D eigenvalue weighted by Gasteiger charge is 2.30. The van der Waals surface area contributed by atoms with Crippen molar-refractivity contribution in [2.45, 2.75) is 37.6 Å². The van der Waals surface area contributed by atoms with Gasteiger partial charge in [-0.15, -0.1) is 10.2 Å². The number of aromatic nitrogens is 4. The van der Waals surface area contributed by atoms with Gasteiger partial charge in [-0.2, -0.15) is 0 Å². The predicted octanol–water partition coefficient (Wildman–Crippen LogP) is 3.58. The summed E-state index contributed by atoms with van der Waals surface area (Å²) in [7, 11) is -3.30. The standard InChI is InChI=1S/C22H25F2N5O2S/c1-15-5-3-7-19(25-15)21-26-27-22(28-12-4-6-17(14-28)20(23)24)29(21)13-16-8-10-18(11-9-16)32(2,30)31/h3,5,7-11,17,20H,4,6,12-14H2,1-2H3. The SMILES string of the molecule is Cc1cccc(-c2nnc(N3CCCC(C(F)F)C3)n2Cc2ccc(S(C)(=O)=O)cc2)n1. The van der Waals surface area contributed by atoms with Gasteiger partial charge in [-0.1, -0.05) is 18.2 Å². The van der Waals surface area contributed by atoms with Crippen LogP contribution in [0.25, 0.3) is 11.5 Å². The molecule has 3 heterocycles. The van der Waals surface area contributed by atoms with Gasteiger partial charge in [0.2, 0.25) is 12.4 Å². The van der Waals surface area contributed by atoms with Crippen molar-refractivity contribution in [3.8, 4) is 11.5 Å². The third-order valence-corrected chi connectivity index (χ3v) is 6.77. The summed E-state index contributed by atoms with van der Waals surface area (Å²) in [6.45, 7) is 3.07. The molecule has 0 amide bonds. The summed E-state index contributed by atoms with van der Waals surface area (Å²) in [5.74, 6) is 0.347. The summed E-state index contributed by atoms with van der Waals surface area (Å²) < 4.78 is 52.2. The molecular weight excluding hydrogens is 436 g/mol. The zero-order valence-electron chi connectivity index (χ0n) is 17.9. The average Bonchev–Trinajstić information content (AvgIpc) is 3.17. The summed E-state index contributed by atoms with van der Waals surface area (Å²) in [6.07, 6.45) is -0.0718. The predicted molar refractivity (Wildman–Crippen MR) is 118 cm³/mol. The lowest BCUT2D eigenvalue weighted by molar-refractivity contribution is 0.0683. The quantitative estimate of drug-likeness (QED) is 0.558. The van der Waals surface area contributed by atoms with E-state index in [-0.39, 0.29) is 11.4 Å². The van der Waals surface area contributed by atoms with Gasteiger partial charge >= 0.3 is 0 Å². The first-order chi connectivity index (χ1) is 15.2. The molecule has 1 saturated heterocycles. The molecule has 170 valence electrons. The molecule has 10 heteroatoms. The van der Waals surface area contributed by atoms with E-state index in [0.717, 1.165) is 17.5 Å². The highest BCUT2D eigenvalue weighted by atomic mass is 32.2. The second-order valence-electron chi connectivity index (χ2n) is 8.17. The smallest absolute Gasteiger partial charge is 0.243 e. The van der Waals surface area contributed by atoms with Crippen LogP contribution in [0.2, 0.25) is 0 Å². The van der Waals surface area contributed by atoms with E-state index >= 15 is 0 Å². The van der Waals surface area contributed by atoms with Crippen LogP contribution < -0.4 is 4.90 Å². The Morgan fingerprint density at radius 1 is 1.12 bits per heavy atom. The van der Waals surface area contributed by atoms with Crippen LogP contribution in [0.4, 0.5) is 14.7 Å². The lowest BCUT2D eigenvalue weighted by atomic mass is 9.99. The third-order valence-electron chi connectivity index (χ3n) is 5.64. The number of sulfone groups is 1. The first kappa shape index (κ1) is 22.3. The van der Waals surface area contributed by atoms with Crippen LogP contribution in [0.1, 0.15) is 24.1 Å². The Balaban J connectivity index is 1.73. The Morgan fingerprint density at radius 3 is 2.53 bits per heavy atom. The van der Waals surface area contributed by atoms with E-state index in [2.05, 4.69) is 15.2 Å². The van der Waals surface area contributed by atoms with Gasteiger partial charge in [0, 0.05) is 31.0 Å². The average molecular weight is 462 g/mol. The van der Waals surface area contributed by atoms with E-state index in [1.807, 2.05) is 34.6 Å². The number of halogens is 2. The zero-order chi connectivity index (χ0) is 22.9. The molecule has 1 aromatic carbocycles. The minimum absolute atomic E-state index is 0.212. The molecule has 0 saturated carbocycles.